The Morgan fingerprint density at radius 3 is 2.94 bits per heavy atom. The number of aryl methyl sites for hydroxylation is 1. The van der Waals surface area contributed by atoms with Crippen molar-refractivity contribution in [2.24, 2.45) is 0 Å². The van der Waals surface area contributed by atoms with Crippen molar-refractivity contribution in [3.05, 3.63) is 23.7 Å². The van der Waals surface area contributed by atoms with Gasteiger partial charge in [0, 0.05) is 12.2 Å². The minimum Gasteiger partial charge on any atom is -0.478 e. The van der Waals surface area contributed by atoms with Crippen molar-refractivity contribution in [1.29, 1.82) is 0 Å². The minimum absolute atomic E-state index is 0.188. The zero-order valence-corrected chi connectivity index (χ0v) is 8.84. The van der Waals surface area contributed by atoms with Crippen LogP contribution in [0.5, 0.6) is 0 Å². The number of hydrogen-bond donors (Lipinski definition) is 1. The van der Waals surface area contributed by atoms with Crippen LogP contribution in [0.2, 0.25) is 0 Å². The zero-order chi connectivity index (χ0) is 11.3. The van der Waals surface area contributed by atoms with Gasteiger partial charge in [0.1, 0.15) is 11.3 Å². The quantitative estimate of drug-likeness (QED) is 0.832. The lowest BCUT2D eigenvalue weighted by atomic mass is 10.3. The first kappa shape index (κ1) is 9.33. The number of pyridine rings is 1. The molecule has 2 aromatic heterocycles. The molecule has 0 aromatic carbocycles. The second-order valence-electron chi connectivity index (χ2n) is 4.13. The highest BCUT2D eigenvalue weighted by molar-refractivity contribution is 5.90. The molecule has 16 heavy (non-hydrogen) atoms. The van der Waals surface area contributed by atoms with Crippen LogP contribution in [0, 0.1) is 6.92 Å². The zero-order valence-electron chi connectivity index (χ0n) is 8.84. The summed E-state index contributed by atoms with van der Waals surface area (Å²) in [6.07, 6.45) is 3.72. The lowest BCUT2D eigenvalue weighted by Crippen LogP contribution is -2.00. The van der Waals surface area contributed by atoms with Gasteiger partial charge in [-0.25, -0.2) is 14.8 Å². The van der Waals surface area contributed by atoms with Crippen LogP contribution in [0.15, 0.2) is 12.3 Å². The molecule has 2 heterocycles. The van der Waals surface area contributed by atoms with E-state index in [1.807, 2.05) is 6.92 Å². The van der Waals surface area contributed by atoms with E-state index in [2.05, 4.69) is 14.5 Å². The third-order valence-electron chi connectivity index (χ3n) is 2.87. The first-order valence-corrected chi connectivity index (χ1v) is 5.24. The van der Waals surface area contributed by atoms with Gasteiger partial charge in [-0.15, -0.1) is 0 Å². The van der Waals surface area contributed by atoms with Crippen LogP contribution in [0.1, 0.15) is 35.1 Å². The molecular weight excluding hydrogens is 206 g/mol. The maximum absolute atomic E-state index is 10.8. The standard InChI is InChI=1S/C11H11N3O2/c1-6-13-9-4-7(11(15)16)5-12-10(9)14(6)8-2-3-8/h4-5,8H,2-3H2,1H3,(H,15,16). The van der Waals surface area contributed by atoms with E-state index >= 15 is 0 Å². The first-order chi connectivity index (χ1) is 7.66. The van der Waals surface area contributed by atoms with E-state index < -0.39 is 5.97 Å². The predicted molar refractivity (Wildman–Crippen MR) is 57.5 cm³/mol. The Hall–Kier alpha value is -1.91. The highest BCUT2D eigenvalue weighted by atomic mass is 16.4. The third-order valence-corrected chi connectivity index (χ3v) is 2.87. The van der Waals surface area contributed by atoms with Gasteiger partial charge in [-0.1, -0.05) is 0 Å². The summed E-state index contributed by atoms with van der Waals surface area (Å²) in [5.41, 5.74) is 1.65. The molecule has 1 aliphatic rings. The van der Waals surface area contributed by atoms with E-state index in [1.165, 1.54) is 6.20 Å². The fourth-order valence-corrected chi connectivity index (χ4v) is 1.98. The lowest BCUT2D eigenvalue weighted by Gasteiger charge is -2.02. The van der Waals surface area contributed by atoms with Crippen LogP contribution in [-0.4, -0.2) is 25.6 Å². The molecule has 0 spiro atoms. The number of carboxylic acid groups (broad SMARTS) is 1. The van der Waals surface area contributed by atoms with Crippen LogP contribution in [0.4, 0.5) is 0 Å². The minimum atomic E-state index is -0.965. The van der Waals surface area contributed by atoms with Gasteiger partial charge in [-0.2, -0.15) is 0 Å². The molecule has 82 valence electrons. The topological polar surface area (TPSA) is 68.0 Å². The summed E-state index contributed by atoms with van der Waals surface area (Å²) >= 11 is 0. The largest absolute Gasteiger partial charge is 0.478 e. The second-order valence-corrected chi connectivity index (χ2v) is 4.13. The summed E-state index contributed by atoms with van der Waals surface area (Å²) in [5.74, 6) is -0.0550. The monoisotopic (exact) mass is 217 g/mol. The van der Waals surface area contributed by atoms with Crippen molar-refractivity contribution in [2.45, 2.75) is 25.8 Å². The maximum Gasteiger partial charge on any atom is 0.337 e. The lowest BCUT2D eigenvalue weighted by molar-refractivity contribution is 0.0696. The number of fused-ring (bicyclic) bond motifs is 1. The number of carboxylic acids is 1. The van der Waals surface area contributed by atoms with Gasteiger partial charge in [0.25, 0.3) is 0 Å². The van der Waals surface area contributed by atoms with Crippen molar-refractivity contribution in [2.75, 3.05) is 0 Å². The fourth-order valence-electron chi connectivity index (χ4n) is 1.98. The molecule has 0 radical (unpaired) electrons. The molecule has 3 rings (SSSR count). The normalized spacial score (nSPS) is 15.6. The molecule has 1 aliphatic carbocycles. The SMILES string of the molecule is Cc1nc2cc(C(=O)O)cnc2n1C1CC1. The van der Waals surface area contributed by atoms with E-state index in [9.17, 15) is 4.79 Å². The molecule has 0 unspecified atom stereocenters. The van der Waals surface area contributed by atoms with Crippen molar-refractivity contribution in [3.63, 3.8) is 0 Å². The molecule has 0 amide bonds. The van der Waals surface area contributed by atoms with Crippen molar-refractivity contribution < 1.29 is 9.90 Å². The summed E-state index contributed by atoms with van der Waals surface area (Å²) < 4.78 is 2.10. The van der Waals surface area contributed by atoms with Gasteiger partial charge in [0.15, 0.2) is 5.65 Å². The Morgan fingerprint density at radius 1 is 1.56 bits per heavy atom. The van der Waals surface area contributed by atoms with Gasteiger partial charge >= 0.3 is 5.97 Å². The molecule has 2 aromatic rings. The molecule has 1 N–H and O–H groups in total. The molecule has 0 saturated heterocycles. The molecule has 1 saturated carbocycles. The van der Waals surface area contributed by atoms with Crippen LogP contribution in [0.25, 0.3) is 11.2 Å². The van der Waals surface area contributed by atoms with Crippen molar-refractivity contribution in [3.8, 4) is 0 Å². The highest BCUT2D eigenvalue weighted by Crippen LogP contribution is 2.37. The summed E-state index contributed by atoms with van der Waals surface area (Å²) in [7, 11) is 0. The Labute approximate surface area is 91.7 Å². The Morgan fingerprint density at radius 2 is 2.31 bits per heavy atom. The summed E-state index contributed by atoms with van der Waals surface area (Å²) in [6, 6.07) is 2.09. The smallest absolute Gasteiger partial charge is 0.337 e. The third kappa shape index (κ3) is 1.28. The Bertz CT molecular complexity index is 584. The number of aromatic carboxylic acids is 1. The second kappa shape index (κ2) is 3.04. The molecule has 0 bridgehead atoms. The van der Waals surface area contributed by atoms with Crippen LogP contribution in [-0.2, 0) is 0 Å². The van der Waals surface area contributed by atoms with E-state index in [0.29, 0.717) is 11.6 Å². The first-order valence-electron chi connectivity index (χ1n) is 5.24. The van der Waals surface area contributed by atoms with Crippen LogP contribution in [0.3, 0.4) is 0 Å². The Balaban J connectivity index is 2.23. The van der Waals surface area contributed by atoms with Gasteiger partial charge < -0.3 is 9.67 Å². The number of hydrogen-bond acceptors (Lipinski definition) is 3. The highest BCUT2D eigenvalue weighted by Gasteiger charge is 2.27. The summed E-state index contributed by atoms with van der Waals surface area (Å²) in [4.78, 5) is 19.4. The van der Waals surface area contributed by atoms with Crippen LogP contribution >= 0.6 is 0 Å². The van der Waals surface area contributed by atoms with Gasteiger partial charge in [0.05, 0.1) is 5.56 Å². The van der Waals surface area contributed by atoms with E-state index in [-0.39, 0.29) is 5.56 Å². The number of aromatic nitrogens is 3. The molecule has 5 heteroatoms. The number of nitrogens with zero attached hydrogens (tertiary/aromatic N) is 3. The van der Waals surface area contributed by atoms with E-state index in [0.717, 1.165) is 24.3 Å². The van der Waals surface area contributed by atoms with Gasteiger partial charge in [0.2, 0.25) is 0 Å². The van der Waals surface area contributed by atoms with Crippen molar-refractivity contribution >= 4 is 17.1 Å². The van der Waals surface area contributed by atoms with Gasteiger partial charge in [-0.3, -0.25) is 0 Å². The number of imidazole rings is 1. The van der Waals surface area contributed by atoms with Crippen LogP contribution < -0.4 is 0 Å². The Kier molecular flexibility index (Phi) is 1.77. The average Bonchev–Trinajstić information content (AvgIpc) is 3.00. The van der Waals surface area contributed by atoms with E-state index in [4.69, 9.17) is 5.11 Å². The molecule has 1 fully saturated rings. The fraction of sp³-hybridized carbons (Fsp3) is 0.364. The number of rotatable bonds is 2. The predicted octanol–water partition coefficient (Wildman–Crippen LogP) is 1.77. The molecule has 0 atom stereocenters. The molecular formula is C11H11N3O2. The molecule has 5 nitrogen and oxygen atoms in total. The van der Waals surface area contributed by atoms with E-state index in [1.54, 1.807) is 6.07 Å². The molecule has 0 aliphatic heterocycles. The van der Waals surface area contributed by atoms with Crippen molar-refractivity contribution in [1.82, 2.24) is 14.5 Å². The summed E-state index contributed by atoms with van der Waals surface area (Å²) in [5, 5.41) is 8.87. The average molecular weight is 217 g/mol. The summed E-state index contributed by atoms with van der Waals surface area (Å²) in [6.45, 7) is 1.93. The number of carbonyl (C=O) groups is 1. The van der Waals surface area contributed by atoms with Gasteiger partial charge in [-0.05, 0) is 25.8 Å². The maximum atomic E-state index is 10.8.